The minimum absolute atomic E-state index is 0.543. The highest BCUT2D eigenvalue weighted by Gasteiger charge is 1.97. The summed E-state index contributed by atoms with van der Waals surface area (Å²) in [4.78, 5) is 7.73. The molecule has 0 saturated heterocycles. The number of hydrogen-bond donors (Lipinski definition) is 1. The van der Waals surface area contributed by atoms with Gasteiger partial charge in [-0.1, -0.05) is 17.7 Å². The van der Waals surface area contributed by atoms with E-state index >= 15 is 0 Å². The van der Waals surface area contributed by atoms with E-state index in [1.807, 2.05) is 6.08 Å². The molecule has 0 bridgehead atoms. The molecule has 64 valence electrons. The highest BCUT2D eigenvalue weighted by Crippen LogP contribution is 2.15. The molecule has 1 heterocycles. The normalized spacial score (nSPS) is 9.42. The molecule has 0 spiro atoms. The Morgan fingerprint density at radius 3 is 3.17 bits per heavy atom. The lowest BCUT2D eigenvalue weighted by atomic mass is 10.4. The SMILES string of the molecule is C=CCCNc1ncncc1Cl. The van der Waals surface area contributed by atoms with E-state index in [4.69, 9.17) is 11.6 Å². The predicted octanol–water partition coefficient (Wildman–Crippen LogP) is 2.12. The molecule has 0 aliphatic heterocycles. The molecule has 3 nitrogen and oxygen atoms in total. The summed E-state index contributed by atoms with van der Waals surface area (Å²) in [6, 6.07) is 0. The topological polar surface area (TPSA) is 37.8 Å². The first-order valence-corrected chi connectivity index (χ1v) is 4.02. The third-order valence-electron chi connectivity index (χ3n) is 1.31. The van der Waals surface area contributed by atoms with Crippen molar-refractivity contribution in [2.45, 2.75) is 6.42 Å². The monoisotopic (exact) mass is 183 g/mol. The fourth-order valence-electron chi connectivity index (χ4n) is 0.735. The van der Waals surface area contributed by atoms with Crippen molar-refractivity contribution in [1.82, 2.24) is 9.97 Å². The van der Waals surface area contributed by atoms with Crippen LogP contribution in [-0.4, -0.2) is 16.5 Å². The quantitative estimate of drug-likeness (QED) is 0.574. The molecule has 0 fully saturated rings. The van der Waals surface area contributed by atoms with Gasteiger partial charge in [-0.25, -0.2) is 9.97 Å². The van der Waals surface area contributed by atoms with Gasteiger partial charge in [-0.05, 0) is 6.42 Å². The van der Waals surface area contributed by atoms with Gasteiger partial charge in [0.25, 0.3) is 0 Å². The van der Waals surface area contributed by atoms with Crippen LogP contribution in [0.5, 0.6) is 0 Å². The number of hydrogen-bond acceptors (Lipinski definition) is 3. The molecule has 4 heteroatoms. The van der Waals surface area contributed by atoms with Crippen molar-refractivity contribution in [1.29, 1.82) is 0 Å². The lowest BCUT2D eigenvalue weighted by Crippen LogP contribution is -2.02. The van der Waals surface area contributed by atoms with E-state index in [0.29, 0.717) is 10.8 Å². The molecule has 12 heavy (non-hydrogen) atoms. The second-order valence-corrected chi connectivity index (χ2v) is 2.63. The Hall–Kier alpha value is -1.09. The maximum atomic E-state index is 5.79. The first-order valence-electron chi connectivity index (χ1n) is 3.65. The van der Waals surface area contributed by atoms with Crippen molar-refractivity contribution in [3.05, 3.63) is 30.2 Å². The van der Waals surface area contributed by atoms with Crippen LogP contribution >= 0.6 is 11.6 Å². The largest absolute Gasteiger partial charge is 0.368 e. The van der Waals surface area contributed by atoms with Crippen LogP contribution in [0.15, 0.2) is 25.2 Å². The van der Waals surface area contributed by atoms with Crippen LogP contribution in [0.3, 0.4) is 0 Å². The second-order valence-electron chi connectivity index (χ2n) is 2.22. The number of nitrogens with one attached hydrogen (secondary N) is 1. The van der Waals surface area contributed by atoms with Gasteiger partial charge in [-0.15, -0.1) is 6.58 Å². The number of aromatic nitrogens is 2. The molecule has 0 radical (unpaired) electrons. The Bertz CT molecular complexity index is 262. The van der Waals surface area contributed by atoms with Gasteiger partial charge in [0.05, 0.1) is 6.20 Å². The van der Waals surface area contributed by atoms with Crippen molar-refractivity contribution in [3.8, 4) is 0 Å². The van der Waals surface area contributed by atoms with Gasteiger partial charge in [0.15, 0.2) is 0 Å². The first-order chi connectivity index (χ1) is 5.84. The Balaban J connectivity index is 2.51. The highest BCUT2D eigenvalue weighted by molar-refractivity contribution is 6.32. The Kier molecular flexibility index (Phi) is 3.54. The summed E-state index contributed by atoms with van der Waals surface area (Å²) in [7, 11) is 0. The summed E-state index contributed by atoms with van der Waals surface area (Å²) in [5.41, 5.74) is 0. The second kappa shape index (κ2) is 4.72. The summed E-state index contributed by atoms with van der Waals surface area (Å²) in [6.45, 7) is 4.40. The van der Waals surface area contributed by atoms with Crippen LogP contribution in [0.1, 0.15) is 6.42 Å². The van der Waals surface area contributed by atoms with E-state index in [2.05, 4.69) is 21.9 Å². The molecule has 0 aromatic carbocycles. The average molecular weight is 184 g/mol. The van der Waals surface area contributed by atoms with Crippen LogP contribution in [0, 0.1) is 0 Å². The van der Waals surface area contributed by atoms with Crippen LogP contribution in [-0.2, 0) is 0 Å². The molecule has 1 aromatic rings. The molecule has 0 aliphatic carbocycles. The van der Waals surface area contributed by atoms with Crippen LogP contribution < -0.4 is 5.32 Å². The van der Waals surface area contributed by atoms with E-state index in [9.17, 15) is 0 Å². The highest BCUT2D eigenvalue weighted by atomic mass is 35.5. The van der Waals surface area contributed by atoms with Gasteiger partial charge in [-0.3, -0.25) is 0 Å². The Labute approximate surface area is 76.5 Å². The van der Waals surface area contributed by atoms with E-state index in [1.54, 1.807) is 6.20 Å². The van der Waals surface area contributed by atoms with Gasteiger partial charge in [0.1, 0.15) is 17.2 Å². The predicted molar refractivity (Wildman–Crippen MR) is 50.3 cm³/mol. The Morgan fingerprint density at radius 1 is 1.67 bits per heavy atom. The van der Waals surface area contributed by atoms with Gasteiger partial charge in [0.2, 0.25) is 0 Å². The van der Waals surface area contributed by atoms with Crippen LogP contribution in [0.4, 0.5) is 5.82 Å². The number of halogens is 1. The van der Waals surface area contributed by atoms with Crippen molar-refractivity contribution in [2.24, 2.45) is 0 Å². The molecule has 0 amide bonds. The lowest BCUT2D eigenvalue weighted by Gasteiger charge is -2.03. The van der Waals surface area contributed by atoms with E-state index in [-0.39, 0.29) is 0 Å². The third kappa shape index (κ3) is 2.51. The zero-order chi connectivity index (χ0) is 8.81. The summed E-state index contributed by atoms with van der Waals surface area (Å²) < 4.78 is 0. The zero-order valence-corrected chi connectivity index (χ0v) is 7.38. The third-order valence-corrected chi connectivity index (χ3v) is 1.59. The van der Waals surface area contributed by atoms with Crippen molar-refractivity contribution < 1.29 is 0 Å². The van der Waals surface area contributed by atoms with Crippen molar-refractivity contribution in [3.63, 3.8) is 0 Å². The summed E-state index contributed by atoms with van der Waals surface area (Å²) >= 11 is 5.79. The van der Waals surface area contributed by atoms with E-state index in [0.717, 1.165) is 13.0 Å². The number of anilines is 1. The van der Waals surface area contributed by atoms with Gasteiger partial charge in [0, 0.05) is 6.54 Å². The number of rotatable bonds is 4. The van der Waals surface area contributed by atoms with Gasteiger partial charge >= 0.3 is 0 Å². The molecule has 0 atom stereocenters. The summed E-state index contributed by atoms with van der Waals surface area (Å²) in [5, 5.41) is 3.60. The van der Waals surface area contributed by atoms with E-state index < -0.39 is 0 Å². The van der Waals surface area contributed by atoms with Gasteiger partial charge in [-0.2, -0.15) is 0 Å². The molecular formula is C8H10ClN3. The fourth-order valence-corrected chi connectivity index (χ4v) is 0.907. The first kappa shape index (κ1) is 9.00. The molecule has 0 aliphatic rings. The van der Waals surface area contributed by atoms with Crippen molar-refractivity contribution in [2.75, 3.05) is 11.9 Å². The van der Waals surface area contributed by atoms with E-state index in [1.165, 1.54) is 6.33 Å². The molecule has 1 aromatic heterocycles. The molecule has 1 N–H and O–H groups in total. The minimum Gasteiger partial charge on any atom is -0.368 e. The average Bonchev–Trinajstić information content (AvgIpc) is 2.09. The standard InChI is InChI=1S/C8H10ClN3/c1-2-3-4-11-8-7(9)5-10-6-12-8/h2,5-6H,1,3-4H2,(H,10,11,12). The van der Waals surface area contributed by atoms with Gasteiger partial charge < -0.3 is 5.32 Å². The molecule has 0 saturated carbocycles. The molecule has 0 unspecified atom stereocenters. The lowest BCUT2D eigenvalue weighted by molar-refractivity contribution is 1.04. The number of nitrogens with zero attached hydrogens (tertiary/aromatic N) is 2. The van der Waals surface area contributed by atoms with Crippen LogP contribution in [0.2, 0.25) is 5.02 Å². The summed E-state index contributed by atoms with van der Waals surface area (Å²) in [6.07, 6.45) is 5.75. The smallest absolute Gasteiger partial charge is 0.148 e. The summed E-state index contributed by atoms with van der Waals surface area (Å²) in [5.74, 6) is 0.675. The zero-order valence-electron chi connectivity index (χ0n) is 6.63. The maximum absolute atomic E-state index is 5.79. The van der Waals surface area contributed by atoms with Crippen molar-refractivity contribution >= 4 is 17.4 Å². The maximum Gasteiger partial charge on any atom is 0.148 e. The minimum atomic E-state index is 0.543. The fraction of sp³-hybridized carbons (Fsp3) is 0.250. The molecular weight excluding hydrogens is 174 g/mol. The van der Waals surface area contributed by atoms with Crippen LogP contribution in [0.25, 0.3) is 0 Å². The Morgan fingerprint density at radius 2 is 2.50 bits per heavy atom. The molecule has 1 rings (SSSR count).